The average molecular weight is 442 g/mol. The number of nitrogens with one attached hydrogen (secondary N) is 2. The zero-order valence-electron chi connectivity index (χ0n) is 17.0. The van der Waals surface area contributed by atoms with Crippen LogP contribution in [0, 0.1) is 17.5 Å². The van der Waals surface area contributed by atoms with Crippen molar-refractivity contribution in [3.63, 3.8) is 0 Å². The molecule has 1 aliphatic rings. The van der Waals surface area contributed by atoms with Crippen molar-refractivity contribution in [3.8, 4) is 17.2 Å². The molecular weight excluding hydrogens is 421 g/mol. The summed E-state index contributed by atoms with van der Waals surface area (Å²) >= 11 is 0. The Balaban J connectivity index is 1.21. The highest BCUT2D eigenvalue weighted by molar-refractivity contribution is 5.74. The first-order chi connectivity index (χ1) is 15.5. The lowest BCUT2D eigenvalue weighted by atomic mass is 10.0. The van der Waals surface area contributed by atoms with Crippen LogP contribution in [0.3, 0.4) is 0 Å². The van der Waals surface area contributed by atoms with Gasteiger partial charge >= 0.3 is 6.03 Å². The lowest BCUT2D eigenvalue weighted by Gasteiger charge is -2.26. The molecule has 5 nitrogen and oxygen atoms in total. The van der Waals surface area contributed by atoms with Crippen LogP contribution < -0.4 is 20.1 Å². The number of rotatable bonds is 6. The molecule has 0 saturated heterocycles. The predicted molar refractivity (Wildman–Crippen MR) is 112 cm³/mol. The highest BCUT2D eigenvalue weighted by Gasteiger charge is 2.24. The van der Waals surface area contributed by atoms with E-state index in [1.165, 1.54) is 18.2 Å². The molecular formula is C24H21F3N2O3. The molecule has 0 radical (unpaired) electrons. The number of hydrogen-bond acceptors (Lipinski definition) is 3. The number of amides is 2. The van der Waals surface area contributed by atoms with Gasteiger partial charge in [-0.15, -0.1) is 0 Å². The van der Waals surface area contributed by atoms with Crippen LogP contribution in [-0.2, 0) is 12.8 Å². The van der Waals surface area contributed by atoms with Gasteiger partial charge in [0.2, 0.25) is 0 Å². The van der Waals surface area contributed by atoms with E-state index in [4.69, 9.17) is 9.47 Å². The van der Waals surface area contributed by atoms with E-state index in [9.17, 15) is 18.0 Å². The highest BCUT2D eigenvalue weighted by Crippen LogP contribution is 2.29. The predicted octanol–water partition coefficient (Wildman–Crippen LogP) is 4.74. The third kappa shape index (κ3) is 5.51. The van der Waals surface area contributed by atoms with Crippen molar-refractivity contribution in [3.05, 3.63) is 89.2 Å². The van der Waals surface area contributed by atoms with Crippen molar-refractivity contribution in [1.29, 1.82) is 0 Å². The quantitative estimate of drug-likeness (QED) is 0.580. The number of carbonyl (C=O) groups is 1. The van der Waals surface area contributed by atoms with Crippen LogP contribution >= 0.6 is 0 Å². The fourth-order valence-corrected chi connectivity index (χ4v) is 3.45. The molecule has 0 spiro atoms. The topological polar surface area (TPSA) is 59.6 Å². The van der Waals surface area contributed by atoms with Crippen LogP contribution in [0.4, 0.5) is 18.0 Å². The summed E-state index contributed by atoms with van der Waals surface area (Å²) in [7, 11) is 0. The Bertz CT molecular complexity index is 1090. The number of benzene rings is 3. The first-order valence-electron chi connectivity index (χ1n) is 10.1. The number of ether oxygens (including phenoxy) is 2. The van der Waals surface area contributed by atoms with Gasteiger partial charge in [-0.3, -0.25) is 0 Å². The summed E-state index contributed by atoms with van der Waals surface area (Å²) in [6.07, 6.45) is 0.887. The molecule has 8 heteroatoms. The number of urea groups is 1. The minimum absolute atomic E-state index is 0.0386. The van der Waals surface area contributed by atoms with Gasteiger partial charge in [0.25, 0.3) is 0 Å². The molecule has 0 aliphatic carbocycles. The van der Waals surface area contributed by atoms with E-state index in [2.05, 4.69) is 10.6 Å². The van der Waals surface area contributed by atoms with Gasteiger partial charge in [0.05, 0.1) is 6.04 Å². The minimum atomic E-state index is -0.739. The molecule has 2 amide bonds. The fraction of sp³-hybridized carbons (Fsp3) is 0.208. The van der Waals surface area contributed by atoms with E-state index in [1.54, 1.807) is 24.3 Å². The Morgan fingerprint density at radius 3 is 2.38 bits per heavy atom. The Kier molecular flexibility index (Phi) is 6.49. The summed E-state index contributed by atoms with van der Waals surface area (Å²) in [5.41, 5.74) is 1.39. The van der Waals surface area contributed by atoms with Crippen molar-refractivity contribution in [1.82, 2.24) is 10.6 Å². The minimum Gasteiger partial charge on any atom is -0.488 e. The summed E-state index contributed by atoms with van der Waals surface area (Å²) in [5, 5.41) is 5.52. The normalized spacial score (nSPS) is 14.8. The van der Waals surface area contributed by atoms with E-state index in [0.29, 0.717) is 30.0 Å². The molecule has 3 aromatic carbocycles. The van der Waals surface area contributed by atoms with Crippen molar-refractivity contribution in [2.24, 2.45) is 0 Å². The maximum Gasteiger partial charge on any atom is 0.315 e. The van der Waals surface area contributed by atoms with Gasteiger partial charge in [0.15, 0.2) is 11.6 Å². The van der Waals surface area contributed by atoms with E-state index >= 15 is 0 Å². The molecule has 1 aliphatic heterocycles. The number of hydrogen-bond donors (Lipinski definition) is 2. The monoisotopic (exact) mass is 442 g/mol. The molecule has 0 fully saturated rings. The lowest BCUT2D eigenvalue weighted by molar-refractivity contribution is 0.210. The number of fused-ring (bicyclic) bond motifs is 1. The number of halogens is 3. The van der Waals surface area contributed by atoms with E-state index in [-0.39, 0.29) is 36.7 Å². The molecule has 1 unspecified atom stereocenters. The van der Waals surface area contributed by atoms with Crippen LogP contribution in [0.15, 0.2) is 60.7 Å². The molecule has 0 aromatic heterocycles. The van der Waals surface area contributed by atoms with Gasteiger partial charge in [-0.1, -0.05) is 12.1 Å². The Morgan fingerprint density at radius 1 is 0.969 bits per heavy atom. The highest BCUT2D eigenvalue weighted by atomic mass is 19.1. The van der Waals surface area contributed by atoms with Gasteiger partial charge < -0.3 is 20.1 Å². The maximum absolute atomic E-state index is 13.7. The molecule has 1 atom stereocenters. The van der Waals surface area contributed by atoms with Crippen molar-refractivity contribution in [2.75, 3.05) is 13.2 Å². The summed E-state index contributed by atoms with van der Waals surface area (Å²) in [6.45, 7) is 0.510. The smallest absolute Gasteiger partial charge is 0.315 e. The van der Waals surface area contributed by atoms with Gasteiger partial charge in [-0.05, 0) is 60.9 Å². The van der Waals surface area contributed by atoms with Crippen molar-refractivity contribution in [2.45, 2.75) is 18.9 Å². The molecule has 2 N–H and O–H groups in total. The van der Waals surface area contributed by atoms with E-state index < -0.39 is 11.6 Å². The maximum atomic E-state index is 13.7. The van der Waals surface area contributed by atoms with Crippen LogP contribution in [-0.4, -0.2) is 25.2 Å². The molecule has 166 valence electrons. The zero-order chi connectivity index (χ0) is 22.5. The summed E-state index contributed by atoms with van der Waals surface area (Å²) < 4.78 is 51.1. The molecule has 3 aromatic rings. The van der Waals surface area contributed by atoms with E-state index in [1.807, 2.05) is 12.1 Å². The second-order valence-electron chi connectivity index (χ2n) is 7.44. The first-order valence-corrected chi connectivity index (χ1v) is 10.1. The Hall–Kier alpha value is -3.68. The third-order valence-electron chi connectivity index (χ3n) is 4.99. The van der Waals surface area contributed by atoms with Gasteiger partial charge in [-0.25, -0.2) is 18.0 Å². The van der Waals surface area contributed by atoms with E-state index in [0.717, 1.165) is 11.6 Å². The summed E-state index contributed by atoms with van der Waals surface area (Å²) in [4.78, 5) is 12.2. The summed E-state index contributed by atoms with van der Waals surface area (Å²) in [6, 6.07) is 14.4. The molecule has 0 saturated carbocycles. The average Bonchev–Trinajstić information content (AvgIpc) is 2.76. The molecule has 0 bridgehead atoms. The van der Waals surface area contributed by atoms with Gasteiger partial charge in [0.1, 0.15) is 29.7 Å². The standard InChI is InChI=1S/C24H21F3N2O3/c25-17-3-7-21(8-4-17)32-20-5-1-15(2-6-20)9-10-28-24(30)29-19-12-16-11-18(26)13-22(27)23(16)31-14-19/h1-8,11,13,19H,9-10,12,14H2,(H2,28,29,30). The first kappa shape index (κ1) is 21.5. The second-order valence-corrected chi connectivity index (χ2v) is 7.44. The Labute approximate surface area is 183 Å². The largest absolute Gasteiger partial charge is 0.488 e. The van der Waals surface area contributed by atoms with Crippen LogP contribution in [0.1, 0.15) is 11.1 Å². The van der Waals surface area contributed by atoms with Crippen molar-refractivity contribution >= 4 is 6.03 Å². The zero-order valence-corrected chi connectivity index (χ0v) is 17.0. The fourth-order valence-electron chi connectivity index (χ4n) is 3.45. The second kappa shape index (κ2) is 9.64. The van der Waals surface area contributed by atoms with Gasteiger partial charge in [0, 0.05) is 18.2 Å². The molecule has 32 heavy (non-hydrogen) atoms. The third-order valence-corrected chi connectivity index (χ3v) is 4.99. The van der Waals surface area contributed by atoms with Crippen LogP contribution in [0.5, 0.6) is 17.2 Å². The van der Waals surface area contributed by atoms with Crippen LogP contribution in [0.2, 0.25) is 0 Å². The molecule has 1 heterocycles. The Morgan fingerprint density at radius 2 is 1.66 bits per heavy atom. The number of carbonyl (C=O) groups excluding carboxylic acids is 1. The van der Waals surface area contributed by atoms with Crippen LogP contribution in [0.25, 0.3) is 0 Å². The summed E-state index contributed by atoms with van der Waals surface area (Å²) in [5.74, 6) is -0.542. The SMILES string of the molecule is O=C(NCCc1ccc(Oc2ccc(F)cc2)cc1)NC1COc2c(F)cc(F)cc2C1. The molecule has 4 rings (SSSR count). The van der Waals surface area contributed by atoms with Crippen molar-refractivity contribution < 1.29 is 27.4 Å². The lowest BCUT2D eigenvalue weighted by Crippen LogP contribution is -2.47. The van der Waals surface area contributed by atoms with Gasteiger partial charge in [-0.2, -0.15) is 0 Å².